The predicted molar refractivity (Wildman–Crippen MR) is 58.2 cm³/mol. The van der Waals surface area contributed by atoms with Gasteiger partial charge in [0.2, 0.25) is 11.8 Å². The first-order valence-electron chi connectivity index (χ1n) is 5.33. The highest BCUT2D eigenvalue weighted by atomic mass is 16.2. The first-order valence-corrected chi connectivity index (χ1v) is 5.33. The quantitative estimate of drug-likeness (QED) is 0.682. The summed E-state index contributed by atoms with van der Waals surface area (Å²) in [4.78, 5) is 24.9. The third-order valence-electron chi connectivity index (χ3n) is 2.61. The van der Waals surface area contributed by atoms with Crippen LogP contribution >= 0.6 is 0 Å². The van der Waals surface area contributed by atoms with Crippen molar-refractivity contribution in [2.75, 3.05) is 13.1 Å². The number of piperazine rings is 1. The Morgan fingerprint density at radius 1 is 1.67 bits per heavy atom. The highest BCUT2D eigenvalue weighted by Gasteiger charge is 2.29. The van der Waals surface area contributed by atoms with Gasteiger partial charge in [0.1, 0.15) is 6.04 Å². The molecule has 0 bridgehead atoms. The molecule has 4 nitrogen and oxygen atoms in total. The standard InChI is InChI=1S/C11H18N2O2/c1-4-5-8(2)11(15)13-7-6-12-10(14)9(13)3/h5,9H,4,6-7H2,1-3H3,(H,12,14). The van der Waals surface area contributed by atoms with Crippen molar-refractivity contribution >= 4 is 11.8 Å². The summed E-state index contributed by atoms with van der Waals surface area (Å²) in [6, 6.07) is -0.355. The molecule has 0 aliphatic carbocycles. The van der Waals surface area contributed by atoms with Crippen LogP contribution in [-0.4, -0.2) is 35.8 Å². The third kappa shape index (κ3) is 2.58. The number of amides is 2. The molecular weight excluding hydrogens is 192 g/mol. The molecule has 1 rings (SSSR count). The molecular formula is C11H18N2O2. The van der Waals surface area contributed by atoms with Gasteiger partial charge in [-0.3, -0.25) is 9.59 Å². The van der Waals surface area contributed by atoms with Gasteiger partial charge in [-0.05, 0) is 20.3 Å². The summed E-state index contributed by atoms with van der Waals surface area (Å²) in [6.45, 7) is 6.69. The van der Waals surface area contributed by atoms with E-state index < -0.39 is 0 Å². The van der Waals surface area contributed by atoms with Gasteiger partial charge in [0.05, 0.1) is 0 Å². The summed E-state index contributed by atoms with van der Waals surface area (Å²) >= 11 is 0. The molecule has 84 valence electrons. The van der Waals surface area contributed by atoms with Gasteiger partial charge in [0.25, 0.3) is 0 Å². The molecule has 1 aliphatic rings. The minimum Gasteiger partial charge on any atom is -0.353 e. The van der Waals surface area contributed by atoms with Gasteiger partial charge < -0.3 is 10.2 Å². The number of carbonyl (C=O) groups is 2. The smallest absolute Gasteiger partial charge is 0.249 e. The van der Waals surface area contributed by atoms with Crippen LogP contribution in [0.15, 0.2) is 11.6 Å². The second-order valence-electron chi connectivity index (χ2n) is 3.76. The van der Waals surface area contributed by atoms with Gasteiger partial charge in [-0.1, -0.05) is 13.0 Å². The van der Waals surface area contributed by atoms with Crippen molar-refractivity contribution in [1.29, 1.82) is 0 Å². The molecule has 1 fully saturated rings. The summed E-state index contributed by atoms with van der Waals surface area (Å²) in [6.07, 6.45) is 2.73. The predicted octanol–water partition coefficient (Wildman–Crippen LogP) is 0.690. The Bertz CT molecular complexity index is 297. The molecule has 1 N–H and O–H groups in total. The van der Waals surface area contributed by atoms with Crippen molar-refractivity contribution in [2.45, 2.75) is 33.2 Å². The summed E-state index contributed by atoms with van der Waals surface area (Å²) in [5.41, 5.74) is 0.721. The van der Waals surface area contributed by atoms with Crippen molar-refractivity contribution in [3.05, 3.63) is 11.6 Å². The number of rotatable bonds is 2. The summed E-state index contributed by atoms with van der Waals surface area (Å²) in [5.74, 6) is -0.0990. The fourth-order valence-electron chi connectivity index (χ4n) is 1.68. The SMILES string of the molecule is CCC=C(C)C(=O)N1CCNC(=O)C1C. The second-order valence-corrected chi connectivity index (χ2v) is 3.76. The number of carbonyl (C=O) groups excluding carboxylic acids is 2. The number of hydrogen-bond acceptors (Lipinski definition) is 2. The van der Waals surface area contributed by atoms with Crippen LogP contribution in [0, 0.1) is 0 Å². The van der Waals surface area contributed by atoms with E-state index in [0.29, 0.717) is 13.1 Å². The highest BCUT2D eigenvalue weighted by molar-refractivity contribution is 5.97. The molecule has 0 saturated carbocycles. The lowest BCUT2D eigenvalue weighted by Crippen LogP contribution is -2.56. The maximum atomic E-state index is 11.9. The molecule has 15 heavy (non-hydrogen) atoms. The van der Waals surface area contributed by atoms with Crippen LogP contribution in [0.2, 0.25) is 0 Å². The van der Waals surface area contributed by atoms with E-state index >= 15 is 0 Å². The Hall–Kier alpha value is -1.32. The third-order valence-corrected chi connectivity index (χ3v) is 2.61. The molecule has 0 spiro atoms. The number of nitrogens with one attached hydrogen (secondary N) is 1. The van der Waals surface area contributed by atoms with Gasteiger partial charge in [-0.15, -0.1) is 0 Å². The fourth-order valence-corrected chi connectivity index (χ4v) is 1.68. The molecule has 0 aromatic heterocycles. The van der Waals surface area contributed by atoms with E-state index in [1.54, 1.807) is 18.7 Å². The molecule has 2 amide bonds. The van der Waals surface area contributed by atoms with E-state index in [-0.39, 0.29) is 17.9 Å². The van der Waals surface area contributed by atoms with Crippen molar-refractivity contribution in [3.8, 4) is 0 Å². The lowest BCUT2D eigenvalue weighted by atomic mass is 10.1. The zero-order valence-electron chi connectivity index (χ0n) is 9.54. The molecule has 1 unspecified atom stereocenters. The normalized spacial score (nSPS) is 22.6. The van der Waals surface area contributed by atoms with Gasteiger partial charge in [-0.25, -0.2) is 0 Å². The zero-order chi connectivity index (χ0) is 11.4. The average molecular weight is 210 g/mol. The van der Waals surface area contributed by atoms with Crippen LogP contribution in [-0.2, 0) is 9.59 Å². The monoisotopic (exact) mass is 210 g/mol. The molecule has 0 aromatic carbocycles. The molecule has 1 heterocycles. The Morgan fingerprint density at radius 2 is 2.33 bits per heavy atom. The average Bonchev–Trinajstić information content (AvgIpc) is 2.21. The van der Waals surface area contributed by atoms with E-state index in [1.165, 1.54) is 0 Å². The van der Waals surface area contributed by atoms with Crippen molar-refractivity contribution in [3.63, 3.8) is 0 Å². The Balaban J connectivity index is 2.74. The van der Waals surface area contributed by atoms with Gasteiger partial charge in [0.15, 0.2) is 0 Å². The minimum atomic E-state index is -0.355. The van der Waals surface area contributed by atoms with Crippen molar-refractivity contribution in [1.82, 2.24) is 10.2 Å². The lowest BCUT2D eigenvalue weighted by Gasteiger charge is -2.33. The molecule has 0 radical (unpaired) electrons. The number of nitrogens with zero attached hydrogens (tertiary/aromatic N) is 1. The molecule has 1 saturated heterocycles. The van der Waals surface area contributed by atoms with E-state index in [9.17, 15) is 9.59 Å². The number of allylic oxidation sites excluding steroid dienone is 1. The van der Waals surface area contributed by atoms with E-state index in [0.717, 1.165) is 12.0 Å². The summed E-state index contributed by atoms with van der Waals surface area (Å²) in [7, 11) is 0. The molecule has 1 aliphatic heterocycles. The van der Waals surface area contributed by atoms with Crippen LogP contribution in [0.25, 0.3) is 0 Å². The van der Waals surface area contributed by atoms with Crippen molar-refractivity contribution in [2.24, 2.45) is 0 Å². The first-order chi connectivity index (χ1) is 7.07. The van der Waals surface area contributed by atoms with Gasteiger partial charge in [-0.2, -0.15) is 0 Å². The Morgan fingerprint density at radius 3 is 2.93 bits per heavy atom. The maximum absolute atomic E-state index is 11.9. The first kappa shape index (κ1) is 11.8. The molecule has 1 atom stereocenters. The Kier molecular flexibility index (Phi) is 3.88. The van der Waals surface area contributed by atoms with Crippen LogP contribution in [0.5, 0.6) is 0 Å². The van der Waals surface area contributed by atoms with Crippen LogP contribution in [0.1, 0.15) is 27.2 Å². The topological polar surface area (TPSA) is 49.4 Å². The van der Waals surface area contributed by atoms with Crippen LogP contribution in [0.4, 0.5) is 0 Å². The number of hydrogen-bond donors (Lipinski definition) is 1. The Labute approximate surface area is 90.3 Å². The zero-order valence-corrected chi connectivity index (χ0v) is 9.54. The summed E-state index contributed by atoms with van der Waals surface area (Å²) in [5, 5.41) is 2.74. The fraction of sp³-hybridized carbons (Fsp3) is 0.636. The second kappa shape index (κ2) is 4.96. The van der Waals surface area contributed by atoms with Gasteiger partial charge in [0, 0.05) is 18.7 Å². The lowest BCUT2D eigenvalue weighted by molar-refractivity contribution is -0.139. The summed E-state index contributed by atoms with van der Waals surface area (Å²) < 4.78 is 0. The maximum Gasteiger partial charge on any atom is 0.249 e. The van der Waals surface area contributed by atoms with Crippen LogP contribution in [0.3, 0.4) is 0 Å². The van der Waals surface area contributed by atoms with E-state index in [4.69, 9.17) is 0 Å². The molecule has 4 heteroatoms. The highest BCUT2D eigenvalue weighted by Crippen LogP contribution is 2.09. The van der Waals surface area contributed by atoms with E-state index in [1.807, 2.05) is 13.0 Å². The molecule has 0 aromatic rings. The largest absolute Gasteiger partial charge is 0.353 e. The minimum absolute atomic E-state index is 0.0285. The van der Waals surface area contributed by atoms with Crippen molar-refractivity contribution < 1.29 is 9.59 Å². The van der Waals surface area contributed by atoms with Crippen LogP contribution < -0.4 is 5.32 Å². The van der Waals surface area contributed by atoms with E-state index in [2.05, 4.69) is 5.32 Å². The van der Waals surface area contributed by atoms with Gasteiger partial charge >= 0.3 is 0 Å².